The fraction of sp³-hybridized carbons (Fsp3) is 0.412. The quantitative estimate of drug-likeness (QED) is 0.904. The Morgan fingerprint density at radius 3 is 2.43 bits per heavy atom. The van der Waals surface area contributed by atoms with E-state index in [4.69, 9.17) is 5.73 Å². The van der Waals surface area contributed by atoms with Crippen molar-refractivity contribution in [3.05, 3.63) is 35.7 Å². The molecule has 122 valence electrons. The standard InChI is InChI=1S/C17H24N6/c1-12-5-4-6-14(13(12)2)22-7-9-23(10-8-22)17-15(18)16(19-3)20-11-21-17/h4-6,11H,7-10,18H2,1-3H3,(H,19,20,21). The fourth-order valence-corrected chi connectivity index (χ4v) is 3.07. The largest absolute Gasteiger partial charge is 0.393 e. The predicted octanol–water partition coefficient (Wildman–Crippen LogP) is 2.04. The second-order valence-corrected chi connectivity index (χ2v) is 5.90. The summed E-state index contributed by atoms with van der Waals surface area (Å²) in [6, 6.07) is 6.50. The molecule has 1 aromatic carbocycles. The lowest BCUT2D eigenvalue weighted by Gasteiger charge is -2.38. The van der Waals surface area contributed by atoms with E-state index in [2.05, 4.69) is 57.1 Å². The van der Waals surface area contributed by atoms with Gasteiger partial charge in [0.15, 0.2) is 11.6 Å². The third kappa shape index (κ3) is 2.88. The van der Waals surface area contributed by atoms with Gasteiger partial charge in [-0.3, -0.25) is 0 Å². The van der Waals surface area contributed by atoms with Gasteiger partial charge in [-0.15, -0.1) is 0 Å². The molecule has 23 heavy (non-hydrogen) atoms. The molecule has 1 aromatic heterocycles. The Morgan fingerprint density at radius 1 is 1.04 bits per heavy atom. The molecule has 2 aromatic rings. The molecule has 1 saturated heterocycles. The van der Waals surface area contributed by atoms with Gasteiger partial charge in [-0.1, -0.05) is 12.1 Å². The van der Waals surface area contributed by atoms with Gasteiger partial charge in [0.1, 0.15) is 12.0 Å². The second kappa shape index (κ2) is 6.32. The van der Waals surface area contributed by atoms with Gasteiger partial charge >= 0.3 is 0 Å². The van der Waals surface area contributed by atoms with E-state index in [-0.39, 0.29) is 0 Å². The number of aromatic nitrogens is 2. The number of hydrogen-bond donors (Lipinski definition) is 2. The van der Waals surface area contributed by atoms with Crippen molar-refractivity contribution in [3.8, 4) is 0 Å². The van der Waals surface area contributed by atoms with E-state index in [1.165, 1.54) is 16.8 Å². The highest BCUT2D eigenvalue weighted by Gasteiger charge is 2.22. The minimum atomic E-state index is 0.621. The Hall–Kier alpha value is -2.50. The first-order chi connectivity index (χ1) is 11.1. The molecule has 0 saturated carbocycles. The van der Waals surface area contributed by atoms with Crippen molar-refractivity contribution in [3.63, 3.8) is 0 Å². The Bertz CT molecular complexity index is 691. The van der Waals surface area contributed by atoms with Gasteiger partial charge in [0, 0.05) is 38.9 Å². The number of nitrogens with zero attached hydrogens (tertiary/aromatic N) is 4. The summed E-state index contributed by atoms with van der Waals surface area (Å²) < 4.78 is 0. The van der Waals surface area contributed by atoms with Crippen LogP contribution >= 0.6 is 0 Å². The highest BCUT2D eigenvalue weighted by Crippen LogP contribution is 2.28. The molecule has 0 aliphatic carbocycles. The molecule has 1 aliphatic rings. The van der Waals surface area contributed by atoms with Crippen LogP contribution in [0, 0.1) is 13.8 Å². The lowest BCUT2D eigenvalue weighted by atomic mass is 10.1. The number of hydrogen-bond acceptors (Lipinski definition) is 6. The zero-order chi connectivity index (χ0) is 16.4. The summed E-state index contributed by atoms with van der Waals surface area (Å²) in [7, 11) is 1.82. The maximum absolute atomic E-state index is 6.17. The summed E-state index contributed by atoms with van der Waals surface area (Å²) in [6.07, 6.45) is 1.56. The smallest absolute Gasteiger partial charge is 0.157 e. The number of piperazine rings is 1. The van der Waals surface area contributed by atoms with Crippen LogP contribution in [0.15, 0.2) is 24.5 Å². The van der Waals surface area contributed by atoms with Gasteiger partial charge in [0.05, 0.1) is 0 Å². The zero-order valence-corrected chi connectivity index (χ0v) is 14.0. The van der Waals surface area contributed by atoms with Crippen molar-refractivity contribution in [2.24, 2.45) is 0 Å². The summed E-state index contributed by atoms with van der Waals surface area (Å²) in [6.45, 7) is 8.08. The lowest BCUT2D eigenvalue weighted by Crippen LogP contribution is -2.47. The number of nitrogens with two attached hydrogens (primary N) is 1. The van der Waals surface area contributed by atoms with Gasteiger partial charge < -0.3 is 20.9 Å². The first-order valence-electron chi connectivity index (χ1n) is 7.96. The SMILES string of the molecule is CNc1ncnc(N2CCN(c3cccc(C)c3C)CC2)c1N. The van der Waals surface area contributed by atoms with Crippen LogP contribution in [0.1, 0.15) is 11.1 Å². The molecule has 0 amide bonds. The number of benzene rings is 1. The fourth-order valence-electron chi connectivity index (χ4n) is 3.07. The van der Waals surface area contributed by atoms with Gasteiger partial charge in [0.25, 0.3) is 0 Å². The molecule has 0 bridgehead atoms. The molecule has 6 heteroatoms. The predicted molar refractivity (Wildman–Crippen MR) is 96.3 cm³/mol. The molecular formula is C17H24N6. The topological polar surface area (TPSA) is 70.3 Å². The Balaban J connectivity index is 1.75. The molecule has 3 N–H and O–H groups in total. The third-order valence-electron chi connectivity index (χ3n) is 4.60. The maximum atomic E-state index is 6.17. The molecule has 1 aliphatic heterocycles. The number of nitrogens with one attached hydrogen (secondary N) is 1. The van der Waals surface area contributed by atoms with E-state index in [0.29, 0.717) is 11.5 Å². The van der Waals surface area contributed by atoms with Crippen LogP contribution in [-0.4, -0.2) is 43.2 Å². The van der Waals surface area contributed by atoms with Crippen LogP contribution in [0.3, 0.4) is 0 Å². The van der Waals surface area contributed by atoms with Gasteiger partial charge in [-0.05, 0) is 31.0 Å². The number of nitrogen functional groups attached to an aromatic ring is 1. The highest BCUT2D eigenvalue weighted by atomic mass is 15.3. The van der Waals surface area contributed by atoms with Crippen LogP contribution in [0.25, 0.3) is 0 Å². The van der Waals surface area contributed by atoms with E-state index in [9.17, 15) is 0 Å². The average Bonchev–Trinajstić information content (AvgIpc) is 2.58. The van der Waals surface area contributed by atoms with Gasteiger partial charge in [0.2, 0.25) is 0 Å². The first-order valence-corrected chi connectivity index (χ1v) is 7.96. The molecule has 0 unspecified atom stereocenters. The Morgan fingerprint density at radius 2 is 1.74 bits per heavy atom. The molecule has 0 atom stereocenters. The van der Waals surface area contributed by atoms with Crippen molar-refractivity contribution < 1.29 is 0 Å². The van der Waals surface area contributed by atoms with E-state index in [0.717, 1.165) is 32.0 Å². The Labute approximate surface area is 137 Å². The van der Waals surface area contributed by atoms with Crippen molar-refractivity contribution in [1.29, 1.82) is 0 Å². The second-order valence-electron chi connectivity index (χ2n) is 5.90. The summed E-state index contributed by atoms with van der Waals surface area (Å²) >= 11 is 0. The van der Waals surface area contributed by atoms with Crippen LogP contribution in [0.4, 0.5) is 23.0 Å². The van der Waals surface area contributed by atoms with Crippen molar-refractivity contribution in [2.45, 2.75) is 13.8 Å². The molecule has 1 fully saturated rings. The Kier molecular flexibility index (Phi) is 4.23. The van der Waals surface area contributed by atoms with E-state index in [1.54, 1.807) is 6.33 Å². The number of anilines is 4. The zero-order valence-electron chi connectivity index (χ0n) is 14.0. The molecular weight excluding hydrogens is 288 g/mol. The number of aryl methyl sites for hydroxylation is 1. The summed E-state index contributed by atoms with van der Waals surface area (Å²) in [4.78, 5) is 13.2. The van der Waals surface area contributed by atoms with Crippen molar-refractivity contribution >= 4 is 23.0 Å². The summed E-state index contributed by atoms with van der Waals surface area (Å²) in [5, 5.41) is 3.01. The van der Waals surface area contributed by atoms with E-state index in [1.807, 2.05) is 7.05 Å². The minimum absolute atomic E-state index is 0.621. The number of rotatable bonds is 3. The van der Waals surface area contributed by atoms with E-state index < -0.39 is 0 Å². The summed E-state index contributed by atoms with van der Waals surface area (Å²) in [5.74, 6) is 1.51. The molecule has 2 heterocycles. The average molecular weight is 312 g/mol. The van der Waals surface area contributed by atoms with E-state index >= 15 is 0 Å². The van der Waals surface area contributed by atoms with Gasteiger partial charge in [-0.2, -0.15) is 0 Å². The minimum Gasteiger partial charge on any atom is -0.393 e. The third-order valence-corrected chi connectivity index (χ3v) is 4.60. The molecule has 3 rings (SSSR count). The maximum Gasteiger partial charge on any atom is 0.157 e. The van der Waals surface area contributed by atoms with Gasteiger partial charge in [-0.25, -0.2) is 9.97 Å². The van der Waals surface area contributed by atoms with Crippen LogP contribution < -0.4 is 20.9 Å². The van der Waals surface area contributed by atoms with Crippen molar-refractivity contribution in [1.82, 2.24) is 9.97 Å². The monoisotopic (exact) mass is 312 g/mol. The van der Waals surface area contributed by atoms with Crippen molar-refractivity contribution in [2.75, 3.05) is 54.1 Å². The van der Waals surface area contributed by atoms with Crippen LogP contribution in [-0.2, 0) is 0 Å². The lowest BCUT2D eigenvalue weighted by molar-refractivity contribution is 0.646. The molecule has 6 nitrogen and oxygen atoms in total. The molecule has 0 spiro atoms. The summed E-state index contributed by atoms with van der Waals surface area (Å²) in [5.41, 5.74) is 10.8. The van der Waals surface area contributed by atoms with Crippen LogP contribution in [0.5, 0.6) is 0 Å². The molecule has 0 radical (unpaired) electrons. The highest BCUT2D eigenvalue weighted by molar-refractivity contribution is 5.75. The first kappa shape index (κ1) is 15.4. The normalized spacial score (nSPS) is 14.9. The van der Waals surface area contributed by atoms with Crippen LogP contribution in [0.2, 0.25) is 0 Å².